The van der Waals surface area contributed by atoms with Crippen LogP contribution in [0.1, 0.15) is 77.0 Å². The molecule has 0 bridgehead atoms. The monoisotopic (exact) mass is 293 g/mol. The maximum absolute atomic E-state index is 10.8. The summed E-state index contributed by atoms with van der Waals surface area (Å²) >= 11 is 0. The molecule has 1 fully saturated rings. The Labute approximate surface area is 130 Å². The van der Waals surface area contributed by atoms with Gasteiger partial charge in [0, 0.05) is 12.6 Å². The topological polar surface area (TPSA) is 40.5 Å². The van der Waals surface area contributed by atoms with Gasteiger partial charge in [0.05, 0.1) is 13.0 Å². The van der Waals surface area contributed by atoms with Crippen molar-refractivity contribution in [1.82, 2.24) is 4.90 Å². The lowest BCUT2D eigenvalue weighted by atomic mass is 9.96. The Morgan fingerprint density at radius 2 is 1.48 bits per heavy atom. The van der Waals surface area contributed by atoms with Crippen LogP contribution >= 0.6 is 0 Å². The zero-order valence-corrected chi connectivity index (χ0v) is 13.4. The van der Waals surface area contributed by atoms with Gasteiger partial charge in [-0.1, -0.05) is 63.7 Å². The van der Waals surface area contributed by atoms with E-state index < -0.39 is 5.97 Å². The van der Waals surface area contributed by atoms with Gasteiger partial charge in [0.25, 0.3) is 0 Å². The Kier molecular flexibility index (Phi) is 9.99. The van der Waals surface area contributed by atoms with Crippen molar-refractivity contribution in [1.29, 1.82) is 0 Å². The third-order valence-corrected chi connectivity index (χ3v) is 4.50. The summed E-state index contributed by atoms with van der Waals surface area (Å²) < 4.78 is 0. The molecule has 0 radical (unpaired) electrons. The van der Waals surface area contributed by atoms with Crippen LogP contribution in [0.4, 0.5) is 0 Å². The molecule has 1 aliphatic rings. The number of carboxylic acid groups (broad SMARTS) is 1. The normalized spacial score (nSPS) is 19.4. The van der Waals surface area contributed by atoms with Gasteiger partial charge in [-0.3, -0.25) is 9.69 Å². The molecule has 1 rings (SSSR count). The van der Waals surface area contributed by atoms with E-state index in [1.165, 1.54) is 70.6 Å². The minimum absolute atomic E-state index is 0.193. The summed E-state index contributed by atoms with van der Waals surface area (Å²) in [5.41, 5.74) is 0. The second-order valence-electron chi connectivity index (χ2n) is 6.23. The molecule has 0 aromatic rings. The largest absolute Gasteiger partial charge is 0.481 e. The molecule has 120 valence electrons. The lowest BCUT2D eigenvalue weighted by Crippen LogP contribution is -2.37. The van der Waals surface area contributed by atoms with Crippen LogP contribution in [0.3, 0.4) is 0 Å². The zero-order valence-electron chi connectivity index (χ0n) is 13.4. The average Bonchev–Trinajstić information content (AvgIpc) is 2.44. The van der Waals surface area contributed by atoms with Crippen molar-refractivity contribution in [3.63, 3.8) is 0 Å². The maximum atomic E-state index is 10.8. The highest BCUT2D eigenvalue weighted by molar-refractivity contribution is 5.66. The Balaban J connectivity index is 2.52. The Morgan fingerprint density at radius 1 is 1.00 bits per heavy atom. The van der Waals surface area contributed by atoms with Crippen molar-refractivity contribution in [2.75, 3.05) is 13.1 Å². The summed E-state index contributed by atoms with van der Waals surface area (Å²) in [7, 11) is 0. The molecule has 3 heteroatoms. The minimum Gasteiger partial charge on any atom is -0.481 e. The first-order valence-electron chi connectivity index (χ1n) is 8.63. The number of hydrogen-bond acceptors (Lipinski definition) is 2. The van der Waals surface area contributed by atoms with E-state index in [1.54, 1.807) is 0 Å². The summed E-state index contributed by atoms with van der Waals surface area (Å²) in [6.07, 6.45) is 19.9. The van der Waals surface area contributed by atoms with Gasteiger partial charge in [0.1, 0.15) is 0 Å². The third-order valence-electron chi connectivity index (χ3n) is 4.50. The molecular formula is C18H31NO2. The summed E-state index contributed by atoms with van der Waals surface area (Å²) in [6.45, 7) is 1.17. The molecule has 0 heterocycles. The second-order valence-corrected chi connectivity index (χ2v) is 6.23. The fraction of sp³-hybridized carbons (Fsp3) is 0.833. The number of terminal acetylenes is 1. The van der Waals surface area contributed by atoms with Crippen LogP contribution in [0.15, 0.2) is 0 Å². The van der Waals surface area contributed by atoms with E-state index in [1.807, 2.05) is 0 Å². The molecule has 0 aromatic heterocycles. The van der Waals surface area contributed by atoms with Crippen LogP contribution in [-0.4, -0.2) is 35.1 Å². The van der Waals surface area contributed by atoms with E-state index in [-0.39, 0.29) is 6.42 Å². The van der Waals surface area contributed by atoms with E-state index >= 15 is 0 Å². The SMILES string of the molecule is C#CCN(CCC(=O)O)C1CCCCCCCCCCC1. The molecule has 1 N–H and O–H groups in total. The maximum Gasteiger partial charge on any atom is 0.304 e. The molecule has 1 saturated carbocycles. The molecule has 0 aliphatic heterocycles. The van der Waals surface area contributed by atoms with Crippen LogP contribution in [0.5, 0.6) is 0 Å². The predicted octanol–water partition coefficient (Wildman–Crippen LogP) is 4.07. The molecule has 0 amide bonds. The van der Waals surface area contributed by atoms with Crippen molar-refractivity contribution < 1.29 is 9.90 Å². The van der Waals surface area contributed by atoms with Crippen molar-refractivity contribution in [3.05, 3.63) is 0 Å². The number of aliphatic carboxylic acids is 1. The highest BCUT2D eigenvalue weighted by Gasteiger charge is 2.18. The first-order chi connectivity index (χ1) is 10.2. The number of nitrogens with zero attached hydrogens (tertiary/aromatic N) is 1. The lowest BCUT2D eigenvalue weighted by Gasteiger charge is -2.30. The van der Waals surface area contributed by atoms with E-state index in [9.17, 15) is 4.79 Å². The van der Waals surface area contributed by atoms with Crippen molar-refractivity contribution in [3.8, 4) is 12.3 Å². The number of hydrogen-bond donors (Lipinski definition) is 1. The molecular weight excluding hydrogens is 262 g/mol. The molecule has 0 saturated heterocycles. The molecule has 0 spiro atoms. The van der Waals surface area contributed by atoms with Crippen LogP contribution in [0.2, 0.25) is 0 Å². The summed E-state index contributed by atoms with van der Waals surface area (Å²) in [4.78, 5) is 13.0. The number of carboxylic acids is 1. The van der Waals surface area contributed by atoms with E-state index in [2.05, 4.69) is 10.8 Å². The molecule has 0 atom stereocenters. The van der Waals surface area contributed by atoms with Gasteiger partial charge >= 0.3 is 5.97 Å². The predicted molar refractivity (Wildman–Crippen MR) is 87.2 cm³/mol. The smallest absolute Gasteiger partial charge is 0.304 e. The van der Waals surface area contributed by atoms with Crippen LogP contribution < -0.4 is 0 Å². The fourth-order valence-corrected chi connectivity index (χ4v) is 3.25. The van der Waals surface area contributed by atoms with E-state index in [0.717, 1.165) is 0 Å². The van der Waals surface area contributed by atoms with Crippen LogP contribution in [0.25, 0.3) is 0 Å². The molecule has 21 heavy (non-hydrogen) atoms. The van der Waals surface area contributed by atoms with Crippen molar-refractivity contribution in [2.45, 2.75) is 83.1 Å². The molecule has 1 aliphatic carbocycles. The first kappa shape index (κ1) is 18.0. The quantitative estimate of drug-likeness (QED) is 0.777. The Hall–Kier alpha value is -1.01. The minimum atomic E-state index is -0.731. The fourth-order valence-electron chi connectivity index (χ4n) is 3.25. The van der Waals surface area contributed by atoms with Gasteiger partial charge in [-0.2, -0.15) is 0 Å². The van der Waals surface area contributed by atoms with Crippen molar-refractivity contribution >= 4 is 5.97 Å². The molecule has 3 nitrogen and oxygen atoms in total. The average molecular weight is 293 g/mol. The summed E-state index contributed by atoms with van der Waals surface area (Å²) in [5, 5.41) is 8.90. The molecule has 0 unspecified atom stereocenters. The van der Waals surface area contributed by atoms with Crippen molar-refractivity contribution in [2.24, 2.45) is 0 Å². The summed E-state index contributed by atoms with van der Waals surface area (Å²) in [5.74, 6) is 1.98. The van der Waals surface area contributed by atoms with E-state index in [4.69, 9.17) is 11.5 Å². The van der Waals surface area contributed by atoms with Gasteiger partial charge in [-0.25, -0.2) is 0 Å². The first-order valence-corrected chi connectivity index (χ1v) is 8.63. The molecule has 0 aromatic carbocycles. The van der Waals surface area contributed by atoms with Gasteiger partial charge in [-0.05, 0) is 12.8 Å². The Bertz CT molecular complexity index is 310. The number of carbonyl (C=O) groups is 1. The van der Waals surface area contributed by atoms with Gasteiger partial charge in [0.15, 0.2) is 0 Å². The van der Waals surface area contributed by atoms with Crippen LogP contribution in [-0.2, 0) is 4.79 Å². The van der Waals surface area contributed by atoms with Gasteiger partial charge in [0.2, 0.25) is 0 Å². The number of rotatable bonds is 5. The standard InChI is InChI=1S/C18H31NO2/c1-2-15-19(16-14-18(20)21)17-12-10-8-6-4-3-5-7-9-11-13-17/h1,17H,3-16H2,(H,20,21). The second kappa shape index (κ2) is 11.6. The lowest BCUT2D eigenvalue weighted by molar-refractivity contribution is -0.137. The van der Waals surface area contributed by atoms with Gasteiger partial charge < -0.3 is 5.11 Å². The van der Waals surface area contributed by atoms with E-state index in [0.29, 0.717) is 19.1 Å². The van der Waals surface area contributed by atoms with Gasteiger partial charge in [-0.15, -0.1) is 6.42 Å². The van der Waals surface area contributed by atoms with Crippen LogP contribution in [0, 0.1) is 12.3 Å². The highest BCUT2D eigenvalue weighted by Crippen LogP contribution is 2.20. The highest BCUT2D eigenvalue weighted by atomic mass is 16.4. The zero-order chi connectivity index (χ0) is 15.3. The summed E-state index contributed by atoms with van der Waals surface area (Å²) in [6, 6.07) is 0.472. The Morgan fingerprint density at radius 3 is 1.90 bits per heavy atom. The third kappa shape index (κ3) is 8.78.